The normalized spacial score (nSPS) is 15.3. The smallest absolute Gasteiger partial charge is 0.432 e. The van der Waals surface area contributed by atoms with Gasteiger partial charge in [-0.15, -0.1) is 10.2 Å². The van der Waals surface area contributed by atoms with Crippen molar-refractivity contribution in [1.29, 1.82) is 0 Å². The second-order valence-electron chi connectivity index (χ2n) is 4.66. The molecule has 0 spiro atoms. The van der Waals surface area contributed by atoms with E-state index in [4.69, 9.17) is 4.42 Å². The molecule has 0 aliphatic carbocycles. The highest BCUT2D eigenvalue weighted by atomic mass is 19.4. The summed E-state index contributed by atoms with van der Waals surface area (Å²) < 4.78 is 44.7. The van der Waals surface area contributed by atoms with Crippen molar-refractivity contribution in [3.05, 3.63) is 23.6 Å². The van der Waals surface area contributed by atoms with Crippen LogP contribution in [0.1, 0.15) is 17.3 Å². The van der Waals surface area contributed by atoms with Crippen LogP contribution in [-0.2, 0) is 25.8 Å². The number of halogens is 3. The lowest BCUT2D eigenvalue weighted by molar-refractivity contribution is -0.147. The van der Waals surface area contributed by atoms with Gasteiger partial charge < -0.3 is 19.2 Å². The maximum atomic E-state index is 12.7. The molecule has 0 saturated carbocycles. The standard InChI is InChI=1S/C11H13F3N6O/c1-15-4-7-6-21-10(16-7)19-2-3-20-8(5-19)17-18-9(20)11(12,13)14/h6,15H,2-5H2,1H3. The largest absolute Gasteiger partial charge is 0.451 e. The van der Waals surface area contributed by atoms with Gasteiger partial charge in [-0.05, 0) is 7.05 Å². The predicted octanol–water partition coefficient (Wildman–Crippen LogP) is 1.02. The summed E-state index contributed by atoms with van der Waals surface area (Å²) >= 11 is 0. The fraction of sp³-hybridized carbons (Fsp3) is 0.545. The molecule has 0 atom stereocenters. The summed E-state index contributed by atoms with van der Waals surface area (Å²) in [6, 6.07) is 0.378. The summed E-state index contributed by atoms with van der Waals surface area (Å²) in [5.74, 6) is -0.706. The molecule has 1 aliphatic heterocycles. The molecule has 0 bridgehead atoms. The molecule has 10 heteroatoms. The Kier molecular flexibility index (Phi) is 3.32. The number of aromatic nitrogens is 4. The van der Waals surface area contributed by atoms with Gasteiger partial charge in [0.25, 0.3) is 6.01 Å². The molecule has 1 N–H and O–H groups in total. The maximum absolute atomic E-state index is 12.7. The zero-order valence-corrected chi connectivity index (χ0v) is 11.2. The molecule has 0 amide bonds. The number of hydrogen-bond acceptors (Lipinski definition) is 6. The number of hydrogen-bond donors (Lipinski definition) is 1. The Morgan fingerprint density at radius 2 is 2.14 bits per heavy atom. The molecule has 2 aromatic rings. The molecule has 7 nitrogen and oxygen atoms in total. The number of rotatable bonds is 3. The maximum Gasteiger partial charge on any atom is 0.451 e. The predicted molar refractivity (Wildman–Crippen MR) is 65.3 cm³/mol. The SMILES string of the molecule is CNCc1coc(N2CCn3c(nnc3C(F)(F)F)C2)n1. The van der Waals surface area contributed by atoms with Gasteiger partial charge in [0.15, 0.2) is 5.82 Å². The monoisotopic (exact) mass is 302 g/mol. The molecule has 2 aromatic heterocycles. The Morgan fingerprint density at radius 1 is 1.33 bits per heavy atom. The van der Waals surface area contributed by atoms with Gasteiger partial charge in [-0.2, -0.15) is 18.2 Å². The average molecular weight is 302 g/mol. The van der Waals surface area contributed by atoms with Crippen LogP contribution < -0.4 is 10.2 Å². The van der Waals surface area contributed by atoms with E-state index in [1.807, 2.05) is 0 Å². The molecule has 3 rings (SSSR count). The van der Waals surface area contributed by atoms with Crippen molar-refractivity contribution >= 4 is 6.01 Å². The number of anilines is 1. The van der Waals surface area contributed by atoms with Crippen LogP contribution in [0.4, 0.5) is 19.2 Å². The molecular weight excluding hydrogens is 289 g/mol. The van der Waals surface area contributed by atoms with E-state index in [2.05, 4.69) is 20.5 Å². The molecular formula is C11H13F3N6O. The molecule has 0 radical (unpaired) electrons. The number of nitrogens with zero attached hydrogens (tertiary/aromatic N) is 5. The highest BCUT2D eigenvalue weighted by Crippen LogP contribution is 2.30. The third-order valence-corrected chi connectivity index (χ3v) is 3.17. The van der Waals surface area contributed by atoms with Crippen molar-refractivity contribution in [1.82, 2.24) is 25.1 Å². The van der Waals surface area contributed by atoms with E-state index in [0.29, 0.717) is 19.1 Å². The quantitative estimate of drug-likeness (QED) is 0.913. The van der Waals surface area contributed by atoms with Gasteiger partial charge >= 0.3 is 6.18 Å². The summed E-state index contributed by atoms with van der Waals surface area (Å²) in [5.41, 5.74) is 0.732. The molecule has 21 heavy (non-hydrogen) atoms. The second kappa shape index (κ2) is 5.02. The number of alkyl halides is 3. The molecule has 0 aromatic carbocycles. The van der Waals surface area contributed by atoms with Crippen LogP contribution in [0.5, 0.6) is 0 Å². The number of nitrogens with one attached hydrogen (secondary N) is 1. The Bertz CT molecular complexity index is 634. The Balaban J connectivity index is 1.80. The second-order valence-corrected chi connectivity index (χ2v) is 4.66. The van der Waals surface area contributed by atoms with Gasteiger partial charge in [-0.3, -0.25) is 0 Å². The molecule has 0 unspecified atom stereocenters. The fourth-order valence-corrected chi connectivity index (χ4v) is 2.23. The lowest BCUT2D eigenvalue weighted by Gasteiger charge is -2.26. The summed E-state index contributed by atoms with van der Waals surface area (Å²) in [4.78, 5) is 6.01. The van der Waals surface area contributed by atoms with E-state index < -0.39 is 12.0 Å². The van der Waals surface area contributed by atoms with Crippen LogP contribution in [0, 0.1) is 0 Å². The fourth-order valence-electron chi connectivity index (χ4n) is 2.23. The van der Waals surface area contributed by atoms with Crippen LogP contribution >= 0.6 is 0 Å². The van der Waals surface area contributed by atoms with Gasteiger partial charge in [0.05, 0.1) is 12.2 Å². The first-order valence-corrected chi connectivity index (χ1v) is 6.32. The lowest BCUT2D eigenvalue weighted by atomic mass is 10.3. The molecule has 0 fully saturated rings. The van der Waals surface area contributed by atoms with E-state index in [9.17, 15) is 13.2 Å². The third kappa shape index (κ3) is 2.58. The van der Waals surface area contributed by atoms with Crippen molar-refractivity contribution in [2.45, 2.75) is 25.8 Å². The first kappa shape index (κ1) is 13.9. The van der Waals surface area contributed by atoms with Crippen molar-refractivity contribution in [3.63, 3.8) is 0 Å². The van der Waals surface area contributed by atoms with Crippen LogP contribution in [0.25, 0.3) is 0 Å². The van der Waals surface area contributed by atoms with Crippen LogP contribution in [0.15, 0.2) is 10.7 Å². The lowest BCUT2D eigenvalue weighted by Crippen LogP contribution is -2.35. The van der Waals surface area contributed by atoms with E-state index in [1.54, 1.807) is 11.9 Å². The minimum Gasteiger partial charge on any atom is -0.432 e. The van der Waals surface area contributed by atoms with Gasteiger partial charge in [-0.25, -0.2) is 0 Å². The summed E-state index contributed by atoms with van der Waals surface area (Å²) in [5, 5.41) is 9.79. The van der Waals surface area contributed by atoms with Gasteiger partial charge in [0, 0.05) is 19.6 Å². The Hall–Kier alpha value is -2.10. The van der Waals surface area contributed by atoms with Crippen LogP contribution in [0.3, 0.4) is 0 Å². The van der Waals surface area contributed by atoms with Crippen molar-refractivity contribution < 1.29 is 17.6 Å². The first-order valence-electron chi connectivity index (χ1n) is 6.32. The summed E-state index contributed by atoms with van der Waals surface area (Å²) in [6.45, 7) is 1.24. The minimum absolute atomic E-state index is 0.140. The van der Waals surface area contributed by atoms with Crippen molar-refractivity contribution in [3.8, 4) is 0 Å². The topological polar surface area (TPSA) is 72.0 Å². The first-order chi connectivity index (χ1) is 9.99. The van der Waals surface area contributed by atoms with E-state index in [0.717, 1.165) is 10.3 Å². The van der Waals surface area contributed by atoms with Gasteiger partial charge in [-0.1, -0.05) is 0 Å². The number of fused-ring (bicyclic) bond motifs is 1. The van der Waals surface area contributed by atoms with Crippen LogP contribution in [0.2, 0.25) is 0 Å². The van der Waals surface area contributed by atoms with Crippen LogP contribution in [-0.4, -0.2) is 33.3 Å². The molecule has 0 saturated heterocycles. The molecule has 3 heterocycles. The van der Waals surface area contributed by atoms with E-state index in [-0.39, 0.29) is 18.9 Å². The van der Waals surface area contributed by atoms with Crippen molar-refractivity contribution in [2.75, 3.05) is 18.5 Å². The Labute approximate surface area is 117 Å². The van der Waals surface area contributed by atoms with Gasteiger partial charge in [0.2, 0.25) is 5.82 Å². The highest BCUT2D eigenvalue weighted by molar-refractivity contribution is 5.29. The zero-order valence-electron chi connectivity index (χ0n) is 11.2. The summed E-state index contributed by atoms with van der Waals surface area (Å²) in [6.07, 6.45) is -2.97. The Morgan fingerprint density at radius 3 is 2.86 bits per heavy atom. The van der Waals surface area contributed by atoms with E-state index >= 15 is 0 Å². The number of oxazole rings is 1. The third-order valence-electron chi connectivity index (χ3n) is 3.17. The van der Waals surface area contributed by atoms with Gasteiger partial charge in [0.1, 0.15) is 6.26 Å². The summed E-state index contributed by atoms with van der Waals surface area (Å²) in [7, 11) is 1.79. The molecule has 114 valence electrons. The minimum atomic E-state index is -4.49. The molecule has 1 aliphatic rings. The van der Waals surface area contributed by atoms with Crippen molar-refractivity contribution in [2.24, 2.45) is 0 Å². The van der Waals surface area contributed by atoms with E-state index in [1.165, 1.54) is 6.26 Å². The average Bonchev–Trinajstić information content (AvgIpc) is 3.03. The highest BCUT2D eigenvalue weighted by Gasteiger charge is 2.39. The zero-order chi connectivity index (χ0) is 15.0.